The van der Waals surface area contributed by atoms with Crippen molar-refractivity contribution in [3.63, 3.8) is 0 Å². The van der Waals surface area contributed by atoms with Crippen LogP contribution in [0, 0.1) is 6.92 Å². The first-order valence-corrected chi connectivity index (χ1v) is 5.57. The molecule has 0 spiro atoms. The van der Waals surface area contributed by atoms with Crippen molar-refractivity contribution >= 4 is 5.91 Å². The monoisotopic (exact) mass is 224 g/mol. The maximum Gasteiger partial charge on any atom is 0.217 e. The molecule has 1 rings (SSSR count). The molecule has 1 heterocycles. The highest BCUT2D eigenvalue weighted by Crippen LogP contribution is 2.04. The van der Waals surface area contributed by atoms with Gasteiger partial charge in [0.1, 0.15) is 0 Å². The van der Waals surface area contributed by atoms with Crippen LogP contribution in [0.15, 0.2) is 6.20 Å². The second-order valence-corrected chi connectivity index (χ2v) is 3.98. The fourth-order valence-corrected chi connectivity index (χ4v) is 1.49. The van der Waals surface area contributed by atoms with Gasteiger partial charge >= 0.3 is 0 Å². The molecule has 3 N–H and O–H groups in total. The molecule has 0 bridgehead atoms. The van der Waals surface area contributed by atoms with Crippen LogP contribution in [0.2, 0.25) is 0 Å². The molecule has 0 atom stereocenters. The van der Waals surface area contributed by atoms with Gasteiger partial charge in [0.05, 0.1) is 6.20 Å². The summed E-state index contributed by atoms with van der Waals surface area (Å²) in [6.45, 7) is 3.79. The summed E-state index contributed by atoms with van der Waals surface area (Å²) in [6.07, 6.45) is 4.19. The molecule has 0 radical (unpaired) electrons. The van der Waals surface area contributed by atoms with Gasteiger partial charge in [-0.15, -0.1) is 0 Å². The Kier molecular flexibility index (Phi) is 4.98. The summed E-state index contributed by atoms with van der Waals surface area (Å²) in [5.74, 6) is -0.219. The molecule has 0 aromatic carbocycles. The largest absolute Gasteiger partial charge is 0.370 e. The van der Waals surface area contributed by atoms with Crippen molar-refractivity contribution in [2.45, 2.75) is 32.7 Å². The Morgan fingerprint density at radius 1 is 1.56 bits per heavy atom. The summed E-state index contributed by atoms with van der Waals surface area (Å²) in [5, 5.41) is 7.49. The van der Waals surface area contributed by atoms with Crippen molar-refractivity contribution in [3.8, 4) is 0 Å². The Hall–Kier alpha value is -1.36. The van der Waals surface area contributed by atoms with E-state index in [0.717, 1.165) is 25.9 Å². The second-order valence-electron chi connectivity index (χ2n) is 3.98. The zero-order chi connectivity index (χ0) is 12.0. The molecule has 16 heavy (non-hydrogen) atoms. The predicted octanol–water partition coefficient (Wildman–Crippen LogP) is 0.474. The Balaban J connectivity index is 2.12. The van der Waals surface area contributed by atoms with Crippen molar-refractivity contribution in [3.05, 3.63) is 17.5 Å². The minimum Gasteiger partial charge on any atom is -0.370 e. The van der Waals surface area contributed by atoms with Crippen molar-refractivity contribution in [1.29, 1.82) is 0 Å². The highest BCUT2D eigenvalue weighted by molar-refractivity contribution is 5.73. The van der Waals surface area contributed by atoms with Crippen LogP contribution in [0.5, 0.6) is 0 Å². The lowest BCUT2D eigenvalue weighted by molar-refractivity contribution is -0.118. The van der Waals surface area contributed by atoms with Gasteiger partial charge in [-0.3, -0.25) is 9.48 Å². The van der Waals surface area contributed by atoms with Crippen LogP contribution >= 0.6 is 0 Å². The van der Waals surface area contributed by atoms with E-state index in [1.54, 1.807) is 0 Å². The molecule has 5 nitrogen and oxygen atoms in total. The van der Waals surface area contributed by atoms with Crippen molar-refractivity contribution in [2.24, 2.45) is 12.8 Å². The van der Waals surface area contributed by atoms with Crippen LogP contribution in [0.25, 0.3) is 0 Å². The molecule has 0 unspecified atom stereocenters. The van der Waals surface area contributed by atoms with Crippen LogP contribution in [-0.4, -0.2) is 22.2 Å². The van der Waals surface area contributed by atoms with E-state index < -0.39 is 0 Å². The third-order valence-electron chi connectivity index (χ3n) is 2.68. The van der Waals surface area contributed by atoms with E-state index in [4.69, 9.17) is 5.73 Å². The molecule has 1 aromatic heterocycles. The molecule has 0 aliphatic carbocycles. The van der Waals surface area contributed by atoms with Crippen molar-refractivity contribution in [2.75, 3.05) is 6.54 Å². The minimum atomic E-state index is -0.219. The van der Waals surface area contributed by atoms with E-state index in [9.17, 15) is 4.79 Å². The molecule has 1 aromatic rings. The number of hydrogen-bond donors (Lipinski definition) is 2. The number of rotatable bonds is 7. The van der Waals surface area contributed by atoms with Crippen molar-refractivity contribution in [1.82, 2.24) is 15.1 Å². The number of hydrogen-bond acceptors (Lipinski definition) is 3. The van der Waals surface area contributed by atoms with E-state index in [1.807, 2.05) is 17.9 Å². The quantitative estimate of drug-likeness (QED) is 0.661. The predicted molar refractivity (Wildman–Crippen MR) is 62.7 cm³/mol. The first-order valence-electron chi connectivity index (χ1n) is 5.57. The molecule has 5 heteroatoms. The average Bonchev–Trinajstić information content (AvgIpc) is 2.54. The summed E-state index contributed by atoms with van der Waals surface area (Å²) < 4.78 is 1.87. The molecular formula is C11H20N4O. The number of aromatic nitrogens is 2. The zero-order valence-corrected chi connectivity index (χ0v) is 9.99. The molecule has 0 aliphatic rings. The van der Waals surface area contributed by atoms with Gasteiger partial charge in [0.25, 0.3) is 0 Å². The highest BCUT2D eigenvalue weighted by Gasteiger charge is 2.02. The van der Waals surface area contributed by atoms with Crippen LogP contribution in [0.1, 0.15) is 30.5 Å². The SMILES string of the molecule is Cc1c(CNCCCCC(N)=O)cnn1C. The average molecular weight is 224 g/mol. The van der Waals surface area contributed by atoms with Gasteiger partial charge in [0, 0.05) is 31.3 Å². The van der Waals surface area contributed by atoms with Gasteiger partial charge in [-0.05, 0) is 26.3 Å². The Labute approximate surface area is 96.0 Å². The first kappa shape index (κ1) is 12.7. The Morgan fingerprint density at radius 2 is 2.31 bits per heavy atom. The number of amides is 1. The standard InChI is InChI=1S/C11H20N4O/c1-9-10(8-14-15(9)2)7-13-6-4-3-5-11(12)16/h8,13H,3-7H2,1-2H3,(H2,12,16). The molecule has 0 saturated heterocycles. The van der Waals surface area contributed by atoms with Crippen LogP contribution < -0.4 is 11.1 Å². The van der Waals surface area contributed by atoms with Gasteiger partial charge in [-0.25, -0.2) is 0 Å². The summed E-state index contributed by atoms with van der Waals surface area (Å²) in [4.78, 5) is 10.5. The number of unbranched alkanes of at least 4 members (excludes halogenated alkanes) is 1. The van der Waals surface area contributed by atoms with Crippen LogP contribution in [0.3, 0.4) is 0 Å². The fourth-order valence-electron chi connectivity index (χ4n) is 1.49. The maximum atomic E-state index is 10.5. The van der Waals surface area contributed by atoms with E-state index in [2.05, 4.69) is 17.3 Å². The molecule has 90 valence electrons. The van der Waals surface area contributed by atoms with E-state index >= 15 is 0 Å². The van der Waals surface area contributed by atoms with Gasteiger partial charge in [-0.2, -0.15) is 5.10 Å². The number of primary amides is 1. The Bertz CT molecular complexity index is 346. The number of carbonyl (C=O) groups excluding carboxylic acids is 1. The lowest BCUT2D eigenvalue weighted by atomic mass is 10.2. The Morgan fingerprint density at radius 3 is 2.88 bits per heavy atom. The molecule has 1 amide bonds. The third-order valence-corrected chi connectivity index (χ3v) is 2.68. The lowest BCUT2D eigenvalue weighted by Crippen LogP contribution is -2.16. The highest BCUT2D eigenvalue weighted by atomic mass is 16.1. The summed E-state index contributed by atoms with van der Waals surface area (Å²) in [7, 11) is 1.94. The molecular weight excluding hydrogens is 204 g/mol. The third kappa shape index (κ3) is 4.02. The molecule has 0 fully saturated rings. The van der Waals surface area contributed by atoms with Crippen molar-refractivity contribution < 1.29 is 4.79 Å². The first-order chi connectivity index (χ1) is 7.61. The smallest absolute Gasteiger partial charge is 0.217 e. The maximum absolute atomic E-state index is 10.5. The van der Waals surface area contributed by atoms with E-state index in [-0.39, 0.29) is 5.91 Å². The van der Waals surface area contributed by atoms with Gasteiger partial charge in [0.15, 0.2) is 0 Å². The summed E-state index contributed by atoms with van der Waals surface area (Å²) >= 11 is 0. The summed E-state index contributed by atoms with van der Waals surface area (Å²) in [6, 6.07) is 0. The summed E-state index contributed by atoms with van der Waals surface area (Å²) in [5.41, 5.74) is 7.46. The number of nitrogens with zero attached hydrogens (tertiary/aromatic N) is 2. The number of nitrogens with one attached hydrogen (secondary N) is 1. The van der Waals surface area contributed by atoms with Gasteiger partial charge in [0.2, 0.25) is 5.91 Å². The van der Waals surface area contributed by atoms with Crippen LogP contribution in [0.4, 0.5) is 0 Å². The fraction of sp³-hybridized carbons (Fsp3) is 0.636. The number of nitrogens with two attached hydrogens (primary N) is 1. The number of carbonyl (C=O) groups is 1. The zero-order valence-electron chi connectivity index (χ0n) is 9.99. The minimum absolute atomic E-state index is 0.219. The van der Waals surface area contributed by atoms with E-state index in [0.29, 0.717) is 6.42 Å². The van der Waals surface area contributed by atoms with Gasteiger partial charge < -0.3 is 11.1 Å². The second kappa shape index (κ2) is 6.27. The van der Waals surface area contributed by atoms with E-state index in [1.165, 1.54) is 11.3 Å². The van der Waals surface area contributed by atoms with Crippen LogP contribution in [-0.2, 0) is 18.4 Å². The molecule has 0 saturated carbocycles. The topological polar surface area (TPSA) is 72.9 Å². The van der Waals surface area contributed by atoms with Gasteiger partial charge in [-0.1, -0.05) is 0 Å². The molecule has 0 aliphatic heterocycles. The lowest BCUT2D eigenvalue weighted by Gasteiger charge is -2.03. The normalized spacial score (nSPS) is 10.6. The number of aryl methyl sites for hydroxylation is 1.